The van der Waals surface area contributed by atoms with Crippen molar-refractivity contribution in [3.05, 3.63) is 29.0 Å². The third-order valence-electron chi connectivity index (χ3n) is 1.55. The molecule has 0 saturated heterocycles. The van der Waals surface area contributed by atoms with E-state index in [0.29, 0.717) is 12.1 Å². The van der Waals surface area contributed by atoms with E-state index in [9.17, 15) is 9.18 Å². The van der Waals surface area contributed by atoms with E-state index in [-0.39, 0.29) is 10.9 Å². The molecule has 13 heavy (non-hydrogen) atoms. The van der Waals surface area contributed by atoms with Gasteiger partial charge in [0.25, 0.3) is 0 Å². The number of carbonyl (C=O) groups excluding carboxylic acids is 1. The maximum Gasteiger partial charge on any atom is 0.224 e. The van der Waals surface area contributed by atoms with Crippen molar-refractivity contribution in [1.82, 2.24) is 0 Å². The van der Waals surface area contributed by atoms with Crippen LogP contribution in [0.25, 0.3) is 0 Å². The standard InChI is InChI=1S/C9H9ClFNO/c1-2-8(13)12-7-5-3-4-6(11)9(7)10/h3-5H,2H2,1H3,(H,12,13). The molecule has 0 bridgehead atoms. The minimum atomic E-state index is -0.532. The summed E-state index contributed by atoms with van der Waals surface area (Å²) in [6, 6.07) is 4.29. The van der Waals surface area contributed by atoms with Crippen LogP contribution in [-0.2, 0) is 4.79 Å². The first-order valence-electron chi connectivity index (χ1n) is 3.89. The normalized spacial score (nSPS) is 9.77. The van der Waals surface area contributed by atoms with Gasteiger partial charge >= 0.3 is 0 Å². The molecule has 0 spiro atoms. The SMILES string of the molecule is CCC(=O)Nc1cccc(F)c1Cl. The molecule has 0 heterocycles. The van der Waals surface area contributed by atoms with Crippen molar-refractivity contribution in [2.75, 3.05) is 5.32 Å². The molecule has 0 fully saturated rings. The van der Waals surface area contributed by atoms with Crippen LogP contribution >= 0.6 is 11.6 Å². The van der Waals surface area contributed by atoms with Crippen LogP contribution in [0.2, 0.25) is 5.02 Å². The highest BCUT2D eigenvalue weighted by Crippen LogP contribution is 2.24. The zero-order valence-electron chi connectivity index (χ0n) is 7.10. The molecule has 2 nitrogen and oxygen atoms in total. The molecule has 4 heteroatoms. The van der Waals surface area contributed by atoms with E-state index in [1.165, 1.54) is 12.1 Å². The van der Waals surface area contributed by atoms with E-state index < -0.39 is 5.82 Å². The van der Waals surface area contributed by atoms with Gasteiger partial charge in [0.1, 0.15) is 5.82 Å². The van der Waals surface area contributed by atoms with Gasteiger partial charge < -0.3 is 5.32 Å². The molecule has 1 N–H and O–H groups in total. The van der Waals surface area contributed by atoms with Gasteiger partial charge in [0, 0.05) is 6.42 Å². The van der Waals surface area contributed by atoms with Crippen LogP contribution in [0.3, 0.4) is 0 Å². The van der Waals surface area contributed by atoms with E-state index in [4.69, 9.17) is 11.6 Å². The summed E-state index contributed by atoms with van der Waals surface area (Å²) in [6.45, 7) is 1.71. The third-order valence-corrected chi connectivity index (χ3v) is 1.93. The fourth-order valence-electron chi connectivity index (χ4n) is 0.839. The van der Waals surface area contributed by atoms with Gasteiger partial charge in [0.15, 0.2) is 0 Å². The molecule has 0 saturated carbocycles. The van der Waals surface area contributed by atoms with E-state index >= 15 is 0 Å². The van der Waals surface area contributed by atoms with Crippen molar-refractivity contribution in [3.8, 4) is 0 Å². The molecule has 70 valence electrons. The fourth-order valence-corrected chi connectivity index (χ4v) is 1.01. The largest absolute Gasteiger partial charge is 0.325 e. The second kappa shape index (κ2) is 4.23. The number of carbonyl (C=O) groups is 1. The highest BCUT2D eigenvalue weighted by Gasteiger charge is 2.06. The summed E-state index contributed by atoms with van der Waals surface area (Å²) in [5.41, 5.74) is 0.313. The average molecular weight is 202 g/mol. The minimum Gasteiger partial charge on any atom is -0.325 e. The zero-order chi connectivity index (χ0) is 9.84. The van der Waals surface area contributed by atoms with Crippen molar-refractivity contribution in [2.24, 2.45) is 0 Å². The van der Waals surface area contributed by atoms with Crippen molar-refractivity contribution in [2.45, 2.75) is 13.3 Å². The molecule has 0 unspecified atom stereocenters. The lowest BCUT2D eigenvalue weighted by Crippen LogP contribution is -2.09. The Morgan fingerprint density at radius 1 is 1.62 bits per heavy atom. The van der Waals surface area contributed by atoms with E-state index in [1.54, 1.807) is 13.0 Å². The Morgan fingerprint density at radius 3 is 2.92 bits per heavy atom. The molecule has 1 amide bonds. The summed E-state index contributed by atoms with van der Waals surface area (Å²) in [4.78, 5) is 11.0. The van der Waals surface area contributed by atoms with Crippen LogP contribution in [-0.4, -0.2) is 5.91 Å². The average Bonchev–Trinajstić information content (AvgIpc) is 2.13. The highest BCUT2D eigenvalue weighted by atomic mass is 35.5. The van der Waals surface area contributed by atoms with E-state index in [0.717, 1.165) is 0 Å². The van der Waals surface area contributed by atoms with Gasteiger partial charge in [0.2, 0.25) is 5.91 Å². The molecular formula is C9H9ClFNO. The fraction of sp³-hybridized carbons (Fsp3) is 0.222. The van der Waals surface area contributed by atoms with Crippen LogP contribution < -0.4 is 5.32 Å². The summed E-state index contributed by atoms with van der Waals surface area (Å²) in [5.74, 6) is -0.719. The van der Waals surface area contributed by atoms with Gasteiger partial charge in [-0.15, -0.1) is 0 Å². The first-order chi connectivity index (χ1) is 6.15. The lowest BCUT2D eigenvalue weighted by Gasteiger charge is -2.05. The smallest absolute Gasteiger partial charge is 0.224 e. The second-order valence-corrected chi connectivity index (χ2v) is 2.88. The molecule has 1 aromatic rings. The van der Waals surface area contributed by atoms with Crippen LogP contribution in [0.4, 0.5) is 10.1 Å². The predicted molar refractivity (Wildman–Crippen MR) is 50.3 cm³/mol. The Kier molecular flexibility index (Phi) is 3.25. The first-order valence-corrected chi connectivity index (χ1v) is 4.26. The number of halogens is 2. The van der Waals surface area contributed by atoms with Crippen LogP contribution in [0.15, 0.2) is 18.2 Å². The van der Waals surface area contributed by atoms with Gasteiger partial charge in [-0.3, -0.25) is 4.79 Å². The van der Waals surface area contributed by atoms with Gasteiger partial charge in [-0.2, -0.15) is 0 Å². The Labute approximate surface area is 80.7 Å². The van der Waals surface area contributed by atoms with Crippen molar-refractivity contribution >= 4 is 23.2 Å². The van der Waals surface area contributed by atoms with Crippen LogP contribution in [0.1, 0.15) is 13.3 Å². The van der Waals surface area contributed by atoms with Crippen LogP contribution in [0, 0.1) is 5.82 Å². The van der Waals surface area contributed by atoms with Gasteiger partial charge in [-0.1, -0.05) is 24.6 Å². The number of anilines is 1. The third kappa shape index (κ3) is 2.42. The number of rotatable bonds is 2. The molecule has 0 aromatic heterocycles. The number of hydrogen-bond acceptors (Lipinski definition) is 1. The summed E-state index contributed by atoms with van der Waals surface area (Å²) < 4.78 is 12.9. The van der Waals surface area contributed by atoms with Gasteiger partial charge in [0.05, 0.1) is 10.7 Å². The molecule has 1 rings (SSSR count). The lowest BCUT2D eigenvalue weighted by atomic mass is 10.3. The Bertz CT molecular complexity index is 327. The highest BCUT2D eigenvalue weighted by molar-refractivity contribution is 6.33. The molecule has 0 radical (unpaired) electrons. The maximum absolute atomic E-state index is 12.9. The quantitative estimate of drug-likeness (QED) is 0.783. The lowest BCUT2D eigenvalue weighted by molar-refractivity contribution is -0.115. The zero-order valence-corrected chi connectivity index (χ0v) is 7.86. The topological polar surface area (TPSA) is 29.1 Å². The van der Waals surface area contributed by atoms with Crippen molar-refractivity contribution < 1.29 is 9.18 Å². The Balaban J connectivity index is 2.89. The van der Waals surface area contributed by atoms with E-state index in [2.05, 4.69) is 5.32 Å². The Hall–Kier alpha value is -1.09. The number of benzene rings is 1. The second-order valence-electron chi connectivity index (χ2n) is 2.50. The number of hydrogen-bond donors (Lipinski definition) is 1. The molecule has 0 aliphatic heterocycles. The summed E-state index contributed by atoms with van der Waals surface area (Å²) in [5, 5.41) is 2.44. The number of amides is 1. The van der Waals surface area contributed by atoms with E-state index in [1.807, 2.05) is 0 Å². The monoisotopic (exact) mass is 201 g/mol. The summed E-state index contributed by atoms with van der Waals surface area (Å²) in [7, 11) is 0. The first kappa shape index (κ1) is 9.99. The molecule has 0 aliphatic rings. The Morgan fingerprint density at radius 2 is 2.31 bits per heavy atom. The molecule has 0 atom stereocenters. The number of nitrogens with one attached hydrogen (secondary N) is 1. The molecule has 1 aromatic carbocycles. The van der Waals surface area contributed by atoms with Crippen molar-refractivity contribution in [1.29, 1.82) is 0 Å². The van der Waals surface area contributed by atoms with Crippen LogP contribution in [0.5, 0.6) is 0 Å². The maximum atomic E-state index is 12.9. The molecule has 0 aliphatic carbocycles. The molecular weight excluding hydrogens is 193 g/mol. The van der Waals surface area contributed by atoms with Gasteiger partial charge in [-0.25, -0.2) is 4.39 Å². The minimum absolute atomic E-state index is 0.0516. The summed E-state index contributed by atoms with van der Waals surface area (Å²) >= 11 is 5.60. The summed E-state index contributed by atoms with van der Waals surface area (Å²) in [6.07, 6.45) is 0.340. The van der Waals surface area contributed by atoms with Crippen molar-refractivity contribution in [3.63, 3.8) is 0 Å². The predicted octanol–water partition coefficient (Wildman–Crippen LogP) is 2.83. The van der Waals surface area contributed by atoms with Gasteiger partial charge in [-0.05, 0) is 12.1 Å².